The molecule has 164 valence electrons. The fourth-order valence-corrected chi connectivity index (χ4v) is 3.76. The predicted molar refractivity (Wildman–Crippen MR) is 122 cm³/mol. The SMILES string of the molecule is O=C(O)C(Oc1cccc2ccccc12)(Oc1cccc2ccccc12)C(O)CCCO. The van der Waals surface area contributed by atoms with Gasteiger partial charge in [0.05, 0.1) is 0 Å². The number of carboxylic acid groups (broad SMARTS) is 1. The molecule has 0 heterocycles. The predicted octanol–water partition coefficient (Wildman–Crippen LogP) is 4.37. The first-order chi connectivity index (χ1) is 15.5. The first-order valence-corrected chi connectivity index (χ1v) is 10.4. The number of rotatable bonds is 9. The average molecular weight is 432 g/mol. The van der Waals surface area contributed by atoms with E-state index in [4.69, 9.17) is 9.47 Å². The zero-order valence-corrected chi connectivity index (χ0v) is 17.3. The zero-order valence-electron chi connectivity index (χ0n) is 17.3. The van der Waals surface area contributed by atoms with Gasteiger partial charge in [-0.3, -0.25) is 0 Å². The van der Waals surface area contributed by atoms with Crippen LogP contribution in [0, 0.1) is 0 Å². The molecular formula is C26H24O6. The van der Waals surface area contributed by atoms with Crippen molar-refractivity contribution in [2.75, 3.05) is 6.61 Å². The number of ether oxygens (including phenoxy) is 2. The third kappa shape index (κ3) is 4.10. The maximum absolute atomic E-state index is 12.6. The second-order valence-electron chi connectivity index (χ2n) is 7.51. The van der Waals surface area contributed by atoms with Crippen LogP contribution >= 0.6 is 0 Å². The van der Waals surface area contributed by atoms with Crippen molar-refractivity contribution in [3.05, 3.63) is 84.9 Å². The van der Waals surface area contributed by atoms with Crippen molar-refractivity contribution in [2.24, 2.45) is 0 Å². The van der Waals surface area contributed by atoms with Gasteiger partial charge in [-0.25, -0.2) is 4.79 Å². The number of fused-ring (bicyclic) bond motifs is 2. The Bertz CT molecular complexity index is 1140. The molecule has 0 saturated carbocycles. The molecule has 32 heavy (non-hydrogen) atoms. The summed E-state index contributed by atoms with van der Waals surface area (Å²) in [5.41, 5.74) is 0. The van der Waals surface area contributed by atoms with Crippen LogP contribution in [0.3, 0.4) is 0 Å². The number of aliphatic hydroxyl groups is 2. The van der Waals surface area contributed by atoms with E-state index in [-0.39, 0.29) is 30.9 Å². The van der Waals surface area contributed by atoms with Crippen molar-refractivity contribution in [2.45, 2.75) is 24.7 Å². The van der Waals surface area contributed by atoms with Crippen LogP contribution in [-0.2, 0) is 4.79 Å². The number of benzene rings is 4. The Morgan fingerprint density at radius 1 is 0.781 bits per heavy atom. The van der Waals surface area contributed by atoms with E-state index in [0.717, 1.165) is 10.8 Å². The Hall–Kier alpha value is -3.61. The molecule has 3 N–H and O–H groups in total. The molecule has 0 aliphatic carbocycles. The topological polar surface area (TPSA) is 96.2 Å². The summed E-state index contributed by atoms with van der Waals surface area (Å²) in [4.78, 5) is 12.6. The average Bonchev–Trinajstić information content (AvgIpc) is 2.82. The molecule has 0 aliphatic heterocycles. The first kappa shape index (κ1) is 21.6. The number of hydrogen-bond donors (Lipinski definition) is 3. The largest absolute Gasteiger partial charge is 0.475 e. The van der Waals surface area contributed by atoms with Crippen molar-refractivity contribution in [1.82, 2.24) is 0 Å². The Kier molecular flexibility index (Phi) is 6.25. The summed E-state index contributed by atoms with van der Waals surface area (Å²) in [6.45, 7) is -0.199. The van der Waals surface area contributed by atoms with Gasteiger partial charge in [0.1, 0.15) is 17.6 Å². The third-order valence-electron chi connectivity index (χ3n) is 5.39. The number of carbonyl (C=O) groups is 1. The molecule has 6 heteroatoms. The second kappa shape index (κ2) is 9.26. The van der Waals surface area contributed by atoms with Crippen LogP contribution < -0.4 is 9.47 Å². The molecule has 4 rings (SSSR count). The van der Waals surface area contributed by atoms with Gasteiger partial charge in [0.2, 0.25) is 0 Å². The quantitative estimate of drug-likeness (QED) is 0.340. The van der Waals surface area contributed by atoms with Gasteiger partial charge >= 0.3 is 11.8 Å². The minimum Gasteiger partial charge on any atom is -0.475 e. The third-order valence-corrected chi connectivity index (χ3v) is 5.39. The maximum atomic E-state index is 12.6. The van der Waals surface area contributed by atoms with Gasteiger partial charge in [-0.1, -0.05) is 72.8 Å². The summed E-state index contributed by atoms with van der Waals surface area (Å²) in [6, 6.07) is 25.4. The van der Waals surface area contributed by atoms with Gasteiger partial charge in [-0.2, -0.15) is 0 Å². The molecule has 0 spiro atoms. The maximum Gasteiger partial charge on any atom is 0.393 e. The molecule has 4 aromatic carbocycles. The van der Waals surface area contributed by atoms with Crippen LogP contribution in [0.2, 0.25) is 0 Å². The van der Waals surface area contributed by atoms with Crippen LogP contribution in [0.15, 0.2) is 84.9 Å². The summed E-state index contributed by atoms with van der Waals surface area (Å²) < 4.78 is 12.1. The summed E-state index contributed by atoms with van der Waals surface area (Å²) in [5, 5.41) is 33.6. The molecule has 1 atom stereocenters. The van der Waals surface area contributed by atoms with Crippen LogP contribution in [-0.4, -0.2) is 39.8 Å². The van der Waals surface area contributed by atoms with Gasteiger partial charge in [-0.15, -0.1) is 0 Å². The van der Waals surface area contributed by atoms with Gasteiger partial charge in [-0.05, 0) is 35.7 Å². The highest BCUT2D eigenvalue weighted by molar-refractivity contribution is 5.90. The normalized spacial score (nSPS) is 12.6. The van der Waals surface area contributed by atoms with Gasteiger partial charge in [0.25, 0.3) is 0 Å². The number of aliphatic hydroxyl groups excluding tert-OH is 2. The van der Waals surface area contributed by atoms with Gasteiger partial charge in [0, 0.05) is 17.4 Å². The lowest BCUT2D eigenvalue weighted by Gasteiger charge is -2.35. The van der Waals surface area contributed by atoms with Gasteiger partial charge < -0.3 is 24.8 Å². The van der Waals surface area contributed by atoms with Crippen LogP contribution in [0.5, 0.6) is 11.5 Å². The smallest absolute Gasteiger partial charge is 0.393 e. The van der Waals surface area contributed by atoms with E-state index in [1.165, 1.54) is 0 Å². The molecular weight excluding hydrogens is 408 g/mol. The van der Waals surface area contributed by atoms with E-state index in [1.807, 2.05) is 60.7 Å². The van der Waals surface area contributed by atoms with E-state index >= 15 is 0 Å². The molecule has 0 aliphatic rings. The Labute approximate surface area is 185 Å². The standard InChI is InChI=1S/C26H24O6/c27-17-7-16-24(28)26(25(29)30,31-22-14-5-10-18-8-1-3-12-20(18)22)32-23-15-6-11-19-9-2-4-13-21(19)23/h1-6,8-15,24,27-28H,7,16-17H2,(H,29,30). The highest BCUT2D eigenvalue weighted by Gasteiger charge is 2.52. The lowest BCUT2D eigenvalue weighted by molar-refractivity contribution is -0.213. The van der Waals surface area contributed by atoms with E-state index in [1.54, 1.807) is 24.3 Å². The van der Waals surface area contributed by atoms with E-state index < -0.39 is 17.9 Å². The minimum atomic E-state index is -2.43. The fraction of sp³-hybridized carbons (Fsp3) is 0.192. The summed E-state index contributed by atoms with van der Waals surface area (Å²) in [6.07, 6.45) is -1.39. The minimum absolute atomic E-state index is 0.0294. The van der Waals surface area contributed by atoms with Crippen molar-refractivity contribution in [3.63, 3.8) is 0 Å². The highest BCUT2D eigenvalue weighted by Crippen LogP contribution is 2.35. The number of hydrogen-bond acceptors (Lipinski definition) is 5. The van der Waals surface area contributed by atoms with Crippen LogP contribution in [0.4, 0.5) is 0 Å². The van der Waals surface area contributed by atoms with E-state index in [2.05, 4.69) is 0 Å². The lowest BCUT2D eigenvalue weighted by Crippen LogP contribution is -2.59. The zero-order chi connectivity index (χ0) is 22.6. The van der Waals surface area contributed by atoms with Crippen LogP contribution in [0.1, 0.15) is 12.8 Å². The Morgan fingerprint density at radius 3 is 1.72 bits per heavy atom. The molecule has 0 radical (unpaired) electrons. The van der Waals surface area contributed by atoms with Gasteiger partial charge in [0.15, 0.2) is 0 Å². The van der Waals surface area contributed by atoms with E-state index in [0.29, 0.717) is 10.8 Å². The van der Waals surface area contributed by atoms with Crippen molar-refractivity contribution < 1.29 is 29.6 Å². The van der Waals surface area contributed by atoms with Crippen molar-refractivity contribution in [1.29, 1.82) is 0 Å². The molecule has 6 nitrogen and oxygen atoms in total. The Balaban J connectivity index is 1.84. The summed E-state index contributed by atoms with van der Waals surface area (Å²) >= 11 is 0. The molecule has 0 saturated heterocycles. The number of aliphatic carboxylic acids is 1. The lowest BCUT2D eigenvalue weighted by atomic mass is 10.0. The molecule has 0 aromatic heterocycles. The van der Waals surface area contributed by atoms with Crippen LogP contribution in [0.25, 0.3) is 21.5 Å². The molecule has 0 bridgehead atoms. The van der Waals surface area contributed by atoms with Crippen molar-refractivity contribution in [3.8, 4) is 11.5 Å². The molecule has 0 amide bonds. The second-order valence-corrected chi connectivity index (χ2v) is 7.51. The molecule has 1 unspecified atom stereocenters. The summed E-state index contributed by atoms with van der Waals surface area (Å²) in [5.74, 6) is -3.35. The number of carboxylic acids is 1. The van der Waals surface area contributed by atoms with Crippen molar-refractivity contribution >= 4 is 27.5 Å². The highest BCUT2D eigenvalue weighted by atomic mass is 16.7. The molecule has 0 fully saturated rings. The first-order valence-electron chi connectivity index (χ1n) is 10.4. The monoisotopic (exact) mass is 432 g/mol. The van der Waals surface area contributed by atoms with E-state index in [9.17, 15) is 20.1 Å². The molecule has 4 aromatic rings. The fourth-order valence-electron chi connectivity index (χ4n) is 3.76. The Morgan fingerprint density at radius 2 is 1.25 bits per heavy atom. The summed E-state index contributed by atoms with van der Waals surface area (Å²) in [7, 11) is 0.